The highest BCUT2D eigenvalue weighted by Gasteiger charge is 2.71. The number of fused-ring (bicyclic) bond motifs is 4. The minimum atomic E-state index is -4.77. The summed E-state index contributed by atoms with van der Waals surface area (Å²) in [5, 5.41) is 10.1. The van der Waals surface area contributed by atoms with Gasteiger partial charge in [-0.2, -0.15) is 23.1 Å². The predicted molar refractivity (Wildman–Crippen MR) is 180 cm³/mol. The number of rotatable bonds is 7. The van der Waals surface area contributed by atoms with Gasteiger partial charge in [-0.15, -0.1) is 0 Å². The van der Waals surface area contributed by atoms with Gasteiger partial charge in [0, 0.05) is 22.7 Å². The third kappa shape index (κ3) is 5.63. The van der Waals surface area contributed by atoms with E-state index >= 15 is 4.79 Å². The van der Waals surface area contributed by atoms with Gasteiger partial charge in [-0.25, -0.2) is 9.78 Å². The van der Waals surface area contributed by atoms with E-state index in [-0.39, 0.29) is 31.8 Å². The van der Waals surface area contributed by atoms with Crippen molar-refractivity contribution in [2.24, 2.45) is 23.7 Å². The number of imide groups is 4. The zero-order valence-corrected chi connectivity index (χ0v) is 29.1. The number of amides is 5. The van der Waals surface area contributed by atoms with Crippen molar-refractivity contribution < 1.29 is 51.7 Å². The molecule has 6 atom stereocenters. The van der Waals surface area contributed by atoms with Gasteiger partial charge in [0.25, 0.3) is 11.8 Å². The van der Waals surface area contributed by atoms with E-state index in [1.165, 1.54) is 0 Å². The first kappa shape index (κ1) is 36.4. The van der Waals surface area contributed by atoms with Crippen molar-refractivity contribution in [1.29, 1.82) is 0 Å². The van der Waals surface area contributed by atoms with Gasteiger partial charge in [-0.3, -0.25) is 24.6 Å². The molecule has 17 heteroatoms. The lowest BCUT2D eigenvalue weighted by molar-refractivity contribution is -0.140. The Morgan fingerprint density at radius 2 is 1.75 bits per heavy atom. The first-order chi connectivity index (χ1) is 25.2. The Bertz CT molecular complexity index is 2080. The summed E-state index contributed by atoms with van der Waals surface area (Å²) in [7, 11) is 1.04. The molecule has 12 nitrogen and oxygen atoms in total. The van der Waals surface area contributed by atoms with Crippen LogP contribution in [0.1, 0.15) is 35.4 Å². The fourth-order valence-electron chi connectivity index (χ4n) is 8.40. The smallest absolute Gasteiger partial charge is 0.423 e. The first-order valence-electron chi connectivity index (χ1n) is 16.4. The SMILES string of the molecule is COC(=O)N1C(=O)[C@H]2[C@H](CC=C3[C@H]2C[C@H]2C(=O)N(Nc4ncc(C(F)(F)F)cc4Cl)C(=O)[C@@]2(c2ccc(Cl)cc2)[C@H]3c2ccccc2OCCO)C1=O. The minimum Gasteiger partial charge on any atom is -0.491 e. The third-order valence-electron chi connectivity index (χ3n) is 10.5. The molecule has 53 heavy (non-hydrogen) atoms. The molecule has 0 unspecified atom stereocenters. The molecule has 1 saturated carbocycles. The van der Waals surface area contributed by atoms with E-state index in [9.17, 15) is 37.5 Å². The van der Waals surface area contributed by atoms with Crippen molar-refractivity contribution >= 4 is 58.7 Å². The zero-order valence-electron chi connectivity index (χ0n) is 27.6. The molecular formula is C36H29Cl2F3N4O8. The Balaban J connectivity index is 1.45. The number of pyridine rings is 1. The number of anilines is 1. The topological polar surface area (TPSA) is 155 Å². The molecule has 2 aliphatic carbocycles. The molecular weight excluding hydrogens is 744 g/mol. The maximum atomic E-state index is 15.3. The number of para-hydroxylation sites is 1. The number of aliphatic hydroxyl groups is 1. The number of allylic oxidation sites excluding steroid dienone is 2. The standard InChI is InChI=1S/C36H29Cl2F3N4O8/c1-52-34(51)44-30(47)22-11-10-20-23(27(22)32(44)49)15-24-31(48)45(43-29-25(38)14-18(16-42-29)36(39,40)41)33(50)35(24,17-6-8-19(37)9-7-17)28(20)21-4-2-3-5-26(21)53-13-12-46/h2-10,14,16,22-24,27-28,46H,11-13,15H2,1H3,(H,42,43)/t22-,23+,24-,27-,28+,35+/m0/s1. The van der Waals surface area contributed by atoms with Gasteiger partial charge < -0.3 is 14.6 Å². The number of likely N-dealkylation sites (tertiary alicyclic amines) is 1. The van der Waals surface area contributed by atoms with E-state index in [0.29, 0.717) is 43.9 Å². The van der Waals surface area contributed by atoms with E-state index in [1.807, 2.05) is 0 Å². The highest BCUT2D eigenvalue weighted by molar-refractivity contribution is 6.33. The van der Waals surface area contributed by atoms with Crippen LogP contribution in [0.5, 0.6) is 5.75 Å². The van der Waals surface area contributed by atoms with Gasteiger partial charge in [0.2, 0.25) is 11.8 Å². The molecule has 2 N–H and O–H groups in total. The lowest BCUT2D eigenvalue weighted by Crippen LogP contribution is -2.53. The van der Waals surface area contributed by atoms with Crippen LogP contribution in [0.3, 0.4) is 0 Å². The van der Waals surface area contributed by atoms with Crippen molar-refractivity contribution in [3.63, 3.8) is 0 Å². The van der Waals surface area contributed by atoms with Crippen LogP contribution in [0, 0.1) is 23.7 Å². The molecule has 0 spiro atoms. The molecule has 2 aromatic carbocycles. The number of hydrogen-bond donors (Lipinski definition) is 2. The van der Waals surface area contributed by atoms with Gasteiger partial charge >= 0.3 is 12.3 Å². The molecule has 0 bridgehead atoms. The molecule has 5 amide bonds. The predicted octanol–water partition coefficient (Wildman–Crippen LogP) is 5.53. The van der Waals surface area contributed by atoms with Gasteiger partial charge in [-0.1, -0.05) is 65.2 Å². The summed E-state index contributed by atoms with van der Waals surface area (Å²) in [5.41, 5.74) is 0.881. The molecule has 7 rings (SSSR count). The molecule has 4 aliphatic rings. The number of hydrazine groups is 1. The Morgan fingerprint density at radius 3 is 2.42 bits per heavy atom. The number of halogens is 5. The van der Waals surface area contributed by atoms with Crippen LogP contribution in [0.2, 0.25) is 10.0 Å². The first-order valence-corrected chi connectivity index (χ1v) is 17.1. The van der Waals surface area contributed by atoms with Crippen molar-refractivity contribution in [3.8, 4) is 5.75 Å². The minimum absolute atomic E-state index is 0.0152. The number of methoxy groups -OCH3 is 1. The molecule has 2 aliphatic heterocycles. The van der Waals surface area contributed by atoms with Crippen molar-refractivity contribution in [2.75, 3.05) is 25.7 Å². The number of nitrogens with zero attached hydrogens (tertiary/aromatic N) is 3. The number of aliphatic hydroxyl groups excluding tert-OH is 1. The van der Waals surface area contributed by atoms with Gasteiger partial charge in [0.1, 0.15) is 12.4 Å². The molecule has 276 valence electrons. The summed E-state index contributed by atoms with van der Waals surface area (Å²) in [6.45, 7) is -0.483. The number of ether oxygens (including phenoxy) is 2. The second kappa shape index (κ2) is 13.5. The summed E-state index contributed by atoms with van der Waals surface area (Å²) >= 11 is 12.5. The van der Waals surface area contributed by atoms with Gasteiger partial charge in [0.15, 0.2) is 5.82 Å². The van der Waals surface area contributed by atoms with Crippen LogP contribution in [0.15, 0.2) is 72.4 Å². The van der Waals surface area contributed by atoms with E-state index in [0.717, 1.165) is 7.11 Å². The second-order valence-corrected chi connectivity index (χ2v) is 13.9. The van der Waals surface area contributed by atoms with Crippen LogP contribution >= 0.6 is 23.2 Å². The number of alkyl halides is 3. The largest absolute Gasteiger partial charge is 0.491 e. The van der Waals surface area contributed by atoms with E-state index in [4.69, 9.17) is 32.7 Å². The molecule has 3 heterocycles. The Kier molecular flexibility index (Phi) is 9.23. The van der Waals surface area contributed by atoms with Crippen LogP contribution in [0.25, 0.3) is 0 Å². The summed E-state index contributed by atoms with van der Waals surface area (Å²) < 4.78 is 51.0. The second-order valence-electron chi connectivity index (χ2n) is 13.0. The normalized spacial score (nSPS) is 26.5. The lowest BCUT2D eigenvalue weighted by atomic mass is 9.49. The van der Waals surface area contributed by atoms with Crippen molar-refractivity contribution in [1.82, 2.24) is 14.9 Å². The molecule has 0 radical (unpaired) electrons. The summed E-state index contributed by atoms with van der Waals surface area (Å²) in [6, 6.07) is 13.5. The average Bonchev–Trinajstić information content (AvgIpc) is 3.51. The Labute approximate surface area is 309 Å². The number of aromatic nitrogens is 1. The third-order valence-corrected chi connectivity index (χ3v) is 11.0. The molecule has 3 fully saturated rings. The molecule has 1 aromatic heterocycles. The summed E-state index contributed by atoms with van der Waals surface area (Å²) in [6.07, 6.45) is -3.80. The highest BCUT2D eigenvalue weighted by atomic mass is 35.5. The maximum Gasteiger partial charge on any atom is 0.423 e. The van der Waals surface area contributed by atoms with E-state index in [2.05, 4.69) is 10.4 Å². The van der Waals surface area contributed by atoms with Crippen LogP contribution in [0.4, 0.5) is 23.8 Å². The average molecular weight is 774 g/mol. The highest BCUT2D eigenvalue weighted by Crippen LogP contribution is 2.65. The lowest BCUT2D eigenvalue weighted by Gasteiger charge is -2.50. The fraction of sp³-hybridized carbons (Fsp3) is 0.333. The molecule has 2 saturated heterocycles. The van der Waals surface area contributed by atoms with E-state index < -0.39 is 87.3 Å². The zero-order chi connectivity index (χ0) is 38.0. The Hall–Kier alpha value is -4.99. The monoisotopic (exact) mass is 772 g/mol. The van der Waals surface area contributed by atoms with Crippen molar-refractivity contribution in [3.05, 3.63) is 99.2 Å². The van der Waals surface area contributed by atoms with E-state index in [1.54, 1.807) is 54.6 Å². The number of carbonyl (C=O) groups excluding carboxylic acids is 5. The van der Waals surface area contributed by atoms with Gasteiger partial charge in [-0.05, 0) is 48.6 Å². The summed E-state index contributed by atoms with van der Waals surface area (Å²) in [5.74, 6) is -8.61. The van der Waals surface area contributed by atoms with Crippen LogP contribution < -0.4 is 10.2 Å². The van der Waals surface area contributed by atoms with Gasteiger partial charge in [0.05, 0.1) is 47.5 Å². The Morgan fingerprint density at radius 1 is 1.04 bits per heavy atom. The van der Waals surface area contributed by atoms with Crippen LogP contribution in [-0.4, -0.2) is 70.0 Å². The number of nitrogens with one attached hydrogen (secondary N) is 1. The quantitative estimate of drug-likeness (QED) is 0.231. The molecule has 3 aromatic rings. The van der Waals surface area contributed by atoms with Crippen molar-refractivity contribution in [2.45, 2.75) is 30.4 Å². The maximum absolute atomic E-state index is 15.3. The fourth-order valence-corrected chi connectivity index (χ4v) is 8.74. The van der Waals surface area contributed by atoms with Crippen LogP contribution in [-0.2, 0) is 35.5 Å². The number of carbonyl (C=O) groups is 5. The number of benzene rings is 2. The number of hydrogen-bond acceptors (Lipinski definition) is 10. The summed E-state index contributed by atoms with van der Waals surface area (Å²) in [4.78, 5) is 74.3.